The van der Waals surface area contributed by atoms with Crippen LogP contribution in [-0.4, -0.2) is 37.2 Å². The van der Waals surface area contributed by atoms with Gasteiger partial charge in [-0.15, -0.1) is 0 Å². The van der Waals surface area contributed by atoms with E-state index in [4.69, 9.17) is 4.74 Å². The fourth-order valence-corrected chi connectivity index (χ4v) is 1.82. The maximum atomic E-state index is 5.38. The Bertz CT molecular complexity index is 223. The van der Waals surface area contributed by atoms with Crippen LogP contribution < -0.4 is 0 Å². The Morgan fingerprint density at radius 2 is 1.47 bits per heavy atom. The second kappa shape index (κ2) is 6.09. The molecule has 15 heavy (non-hydrogen) atoms. The first kappa shape index (κ1) is 12.5. The SMILES string of the molecule is CC(C)=CC(C=C(C)C)N1CCOCC1. The van der Waals surface area contributed by atoms with Crippen molar-refractivity contribution in [2.24, 2.45) is 0 Å². The highest BCUT2D eigenvalue weighted by Gasteiger charge is 2.16. The van der Waals surface area contributed by atoms with E-state index in [0.717, 1.165) is 26.3 Å². The zero-order chi connectivity index (χ0) is 11.3. The second-order valence-corrected chi connectivity index (χ2v) is 4.63. The van der Waals surface area contributed by atoms with Gasteiger partial charge in [0.25, 0.3) is 0 Å². The first-order valence-electron chi connectivity index (χ1n) is 5.71. The van der Waals surface area contributed by atoms with Crippen molar-refractivity contribution in [3.63, 3.8) is 0 Å². The fraction of sp³-hybridized carbons (Fsp3) is 0.692. The summed E-state index contributed by atoms with van der Waals surface area (Å²) in [7, 11) is 0. The van der Waals surface area contributed by atoms with E-state index in [1.165, 1.54) is 11.1 Å². The molecule has 0 aromatic carbocycles. The van der Waals surface area contributed by atoms with Crippen molar-refractivity contribution >= 4 is 0 Å². The van der Waals surface area contributed by atoms with Crippen molar-refractivity contribution in [3.8, 4) is 0 Å². The molecule has 1 rings (SSSR count). The van der Waals surface area contributed by atoms with Gasteiger partial charge in [-0.1, -0.05) is 23.3 Å². The molecule has 0 atom stereocenters. The van der Waals surface area contributed by atoms with Gasteiger partial charge in [-0.25, -0.2) is 0 Å². The van der Waals surface area contributed by atoms with Crippen molar-refractivity contribution in [1.82, 2.24) is 4.90 Å². The molecule has 0 aromatic rings. The summed E-state index contributed by atoms with van der Waals surface area (Å²) in [6.07, 6.45) is 4.66. The lowest BCUT2D eigenvalue weighted by Gasteiger charge is -2.31. The third-order valence-corrected chi connectivity index (χ3v) is 2.48. The molecule has 1 fully saturated rings. The van der Waals surface area contributed by atoms with Gasteiger partial charge in [0.05, 0.1) is 13.2 Å². The minimum absolute atomic E-state index is 0.448. The third-order valence-electron chi connectivity index (χ3n) is 2.48. The van der Waals surface area contributed by atoms with Crippen molar-refractivity contribution in [2.45, 2.75) is 33.7 Å². The van der Waals surface area contributed by atoms with Crippen molar-refractivity contribution in [2.75, 3.05) is 26.3 Å². The van der Waals surface area contributed by atoms with Crippen LogP contribution in [0.4, 0.5) is 0 Å². The van der Waals surface area contributed by atoms with Crippen LogP contribution in [0.15, 0.2) is 23.3 Å². The highest BCUT2D eigenvalue weighted by atomic mass is 16.5. The van der Waals surface area contributed by atoms with Crippen LogP contribution in [-0.2, 0) is 4.74 Å². The highest BCUT2D eigenvalue weighted by Crippen LogP contribution is 2.11. The summed E-state index contributed by atoms with van der Waals surface area (Å²) in [6.45, 7) is 12.4. The fourth-order valence-electron chi connectivity index (χ4n) is 1.82. The van der Waals surface area contributed by atoms with E-state index < -0.39 is 0 Å². The summed E-state index contributed by atoms with van der Waals surface area (Å²) in [5.74, 6) is 0. The summed E-state index contributed by atoms with van der Waals surface area (Å²) in [5.41, 5.74) is 2.76. The van der Waals surface area contributed by atoms with E-state index in [1.807, 2.05) is 0 Å². The standard InChI is InChI=1S/C13H23NO/c1-11(2)9-13(10-12(3)4)14-5-7-15-8-6-14/h9-10,13H,5-8H2,1-4H3. The minimum Gasteiger partial charge on any atom is -0.379 e. The molecular formula is C13H23NO. The average Bonchev–Trinajstić information content (AvgIpc) is 2.17. The maximum Gasteiger partial charge on any atom is 0.0594 e. The maximum absolute atomic E-state index is 5.38. The molecule has 0 radical (unpaired) electrons. The second-order valence-electron chi connectivity index (χ2n) is 4.63. The van der Waals surface area contributed by atoms with Gasteiger partial charge in [-0.2, -0.15) is 0 Å². The number of hydrogen-bond donors (Lipinski definition) is 0. The molecule has 1 aliphatic rings. The van der Waals surface area contributed by atoms with E-state index in [1.54, 1.807) is 0 Å². The molecule has 1 saturated heterocycles. The van der Waals surface area contributed by atoms with Gasteiger partial charge in [0.1, 0.15) is 0 Å². The summed E-state index contributed by atoms with van der Waals surface area (Å²) in [5, 5.41) is 0. The van der Waals surface area contributed by atoms with Gasteiger partial charge in [0, 0.05) is 19.1 Å². The predicted molar refractivity (Wildman–Crippen MR) is 65.0 cm³/mol. The minimum atomic E-state index is 0.448. The molecule has 0 spiro atoms. The molecule has 0 N–H and O–H groups in total. The first-order valence-corrected chi connectivity index (χ1v) is 5.71. The Morgan fingerprint density at radius 1 is 1.00 bits per heavy atom. The van der Waals surface area contributed by atoms with Gasteiger partial charge in [-0.05, 0) is 27.7 Å². The number of nitrogens with zero attached hydrogens (tertiary/aromatic N) is 1. The molecule has 2 heteroatoms. The van der Waals surface area contributed by atoms with E-state index in [9.17, 15) is 0 Å². The molecule has 1 heterocycles. The summed E-state index contributed by atoms with van der Waals surface area (Å²) >= 11 is 0. The normalized spacial score (nSPS) is 17.7. The van der Waals surface area contributed by atoms with E-state index >= 15 is 0 Å². The lowest BCUT2D eigenvalue weighted by atomic mass is 10.1. The smallest absolute Gasteiger partial charge is 0.0594 e. The van der Waals surface area contributed by atoms with Gasteiger partial charge in [0.2, 0.25) is 0 Å². The zero-order valence-electron chi connectivity index (χ0n) is 10.4. The quantitative estimate of drug-likeness (QED) is 0.662. The van der Waals surface area contributed by atoms with Gasteiger partial charge in [-0.3, -0.25) is 4.90 Å². The van der Waals surface area contributed by atoms with Crippen LogP contribution in [0.25, 0.3) is 0 Å². The first-order chi connectivity index (χ1) is 7.09. The van der Waals surface area contributed by atoms with Crippen molar-refractivity contribution in [3.05, 3.63) is 23.3 Å². The van der Waals surface area contributed by atoms with E-state index in [2.05, 4.69) is 44.7 Å². The average molecular weight is 209 g/mol. The van der Waals surface area contributed by atoms with Crippen LogP contribution in [0.2, 0.25) is 0 Å². The molecule has 0 amide bonds. The molecule has 0 bridgehead atoms. The lowest BCUT2D eigenvalue weighted by molar-refractivity contribution is 0.0328. The number of hydrogen-bond acceptors (Lipinski definition) is 2. The van der Waals surface area contributed by atoms with Gasteiger partial charge < -0.3 is 4.74 Å². The lowest BCUT2D eigenvalue weighted by Crippen LogP contribution is -2.42. The molecule has 86 valence electrons. The van der Waals surface area contributed by atoms with Crippen LogP contribution in [0.3, 0.4) is 0 Å². The Hall–Kier alpha value is -0.600. The molecular weight excluding hydrogens is 186 g/mol. The molecule has 2 nitrogen and oxygen atoms in total. The van der Waals surface area contributed by atoms with E-state index in [0.29, 0.717) is 6.04 Å². The summed E-state index contributed by atoms with van der Waals surface area (Å²) < 4.78 is 5.38. The van der Waals surface area contributed by atoms with E-state index in [-0.39, 0.29) is 0 Å². The predicted octanol–water partition coefficient (Wildman–Crippen LogP) is 2.62. The van der Waals surface area contributed by atoms with Crippen molar-refractivity contribution in [1.29, 1.82) is 0 Å². The van der Waals surface area contributed by atoms with Crippen LogP contribution >= 0.6 is 0 Å². The molecule has 0 aliphatic carbocycles. The Balaban J connectivity index is 2.70. The Morgan fingerprint density at radius 3 is 1.87 bits per heavy atom. The monoisotopic (exact) mass is 209 g/mol. The third kappa shape index (κ3) is 4.63. The van der Waals surface area contributed by atoms with Crippen LogP contribution in [0.5, 0.6) is 0 Å². The number of rotatable bonds is 3. The zero-order valence-corrected chi connectivity index (χ0v) is 10.4. The molecule has 0 unspecified atom stereocenters. The van der Waals surface area contributed by atoms with Crippen LogP contribution in [0, 0.1) is 0 Å². The summed E-state index contributed by atoms with van der Waals surface area (Å²) in [6, 6.07) is 0.448. The molecule has 0 aromatic heterocycles. The molecule has 1 aliphatic heterocycles. The topological polar surface area (TPSA) is 12.5 Å². The largest absolute Gasteiger partial charge is 0.379 e. The van der Waals surface area contributed by atoms with Gasteiger partial charge in [0.15, 0.2) is 0 Å². The van der Waals surface area contributed by atoms with Crippen LogP contribution in [0.1, 0.15) is 27.7 Å². The number of morpholine rings is 1. The van der Waals surface area contributed by atoms with Gasteiger partial charge >= 0.3 is 0 Å². The Kier molecular flexibility index (Phi) is 5.06. The molecule has 0 saturated carbocycles. The summed E-state index contributed by atoms with van der Waals surface area (Å²) in [4.78, 5) is 2.48. The number of allylic oxidation sites excluding steroid dienone is 2. The Labute approximate surface area is 93.6 Å². The van der Waals surface area contributed by atoms with Crippen molar-refractivity contribution < 1.29 is 4.74 Å². The highest BCUT2D eigenvalue weighted by molar-refractivity contribution is 5.14. The number of ether oxygens (including phenoxy) is 1.